The normalized spacial score (nSPS) is 10.7. The number of nitrogens with zero attached hydrogens (tertiary/aromatic N) is 1. The van der Waals surface area contributed by atoms with Crippen molar-refractivity contribution in [2.45, 2.75) is 11.8 Å². The molecular weight excluding hydrogens is 344 g/mol. The van der Waals surface area contributed by atoms with Gasteiger partial charge in [-0.15, -0.1) is 34.4 Å². The van der Waals surface area contributed by atoms with Crippen LogP contribution in [0, 0.1) is 6.92 Å². The van der Waals surface area contributed by atoms with Gasteiger partial charge in [0, 0.05) is 17.2 Å². The van der Waals surface area contributed by atoms with E-state index in [1.807, 2.05) is 17.5 Å². The van der Waals surface area contributed by atoms with E-state index in [0.717, 1.165) is 15.6 Å². The van der Waals surface area contributed by atoms with E-state index in [1.54, 1.807) is 29.3 Å². The van der Waals surface area contributed by atoms with E-state index < -0.39 is 0 Å². The minimum atomic E-state index is -0.0465. The van der Waals surface area contributed by atoms with Gasteiger partial charge in [0.2, 0.25) is 0 Å². The molecule has 0 radical (unpaired) electrons. The minimum Gasteiger partial charge on any atom is -0.350 e. The quantitative estimate of drug-likeness (QED) is 0.512. The highest BCUT2D eigenvalue weighted by Crippen LogP contribution is 2.28. The Hall–Kier alpha value is -1.63. The molecule has 0 spiro atoms. The minimum absolute atomic E-state index is 0.0465. The number of carbonyl (C=O) groups excluding carboxylic acids is 1. The zero-order chi connectivity index (χ0) is 16.1. The maximum Gasteiger partial charge on any atom is 0.263 e. The van der Waals surface area contributed by atoms with Gasteiger partial charge in [0.1, 0.15) is 9.88 Å². The number of hydrogen-bond acceptors (Lipinski definition) is 5. The molecule has 2 heterocycles. The summed E-state index contributed by atoms with van der Waals surface area (Å²) in [6, 6.07) is 12.4. The van der Waals surface area contributed by atoms with Gasteiger partial charge < -0.3 is 5.32 Å². The van der Waals surface area contributed by atoms with Crippen LogP contribution < -0.4 is 5.32 Å². The third-order valence-corrected chi connectivity index (χ3v) is 6.19. The molecule has 0 unspecified atom stereocenters. The Balaban J connectivity index is 1.47. The zero-order valence-electron chi connectivity index (χ0n) is 12.6. The number of thiophene rings is 1. The molecule has 0 saturated heterocycles. The van der Waals surface area contributed by atoms with Crippen LogP contribution >= 0.6 is 34.4 Å². The standard InChI is InChI=1S/C17H16N2OS3/c1-12-4-6-13(7-5-12)21-10-8-18-16(20)15-11-19-17(23-15)14-3-2-9-22-14/h2-7,9,11H,8,10H2,1H3,(H,18,20). The van der Waals surface area contributed by atoms with Crippen molar-refractivity contribution in [1.29, 1.82) is 0 Å². The summed E-state index contributed by atoms with van der Waals surface area (Å²) in [6.07, 6.45) is 1.65. The second-order valence-corrected chi connectivity index (χ2v) is 8.07. The molecule has 0 atom stereocenters. The topological polar surface area (TPSA) is 42.0 Å². The van der Waals surface area contributed by atoms with Crippen molar-refractivity contribution in [3.8, 4) is 9.88 Å². The molecule has 3 nitrogen and oxygen atoms in total. The van der Waals surface area contributed by atoms with Gasteiger partial charge in [0.25, 0.3) is 5.91 Å². The Bertz CT molecular complexity index is 764. The first-order chi connectivity index (χ1) is 11.2. The van der Waals surface area contributed by atoms with E-state index in [-0.39, 0.29) is 5.91 Å². The van der Waals surface area contributed by atoms with Gasteiger partial charge in [-0.25, -0.2) is 4.98 Å². The predicted molar refractivity (Wildman–Crippen MR) is 99.7 cm³/mol. The van der Waals surface area contributed by atoms with Gasteiger partial charge >= 0.3 is 0 Å². The second kappa shape index (κ2) is 7.77. The van der Waals surface area contributed by atoms with Gasteiger partial charge in [0.15, 0.2) is 0 Å². The number of aromatic nitrogens is 1. The fourth-order valence-corrected chi connectivity index (χ4v) is 4.35. The highest BCUT2D eigenvalue weighted by molar-refractivity contribution is 7.99. The highest BCUT2D eigenvalue weighted by atomic mass is 32.2. The Kier molecular flexibility index (Phi) is 5.48. The maximum atomic E-state index is 12.1. The van der Waals surface area contributed by atoms with E-state index >= 15 is 0 Å². The smallest absolute Gasteiger partial charge is 0.263 e. The number of thioether (sulfide) groups is 1. The van der Waals surface area contributed by atoms with Crippen LogP contribution in [-0.2, 0) is 0 Å². The number of carbonyl (C=O) groups is 1. The second-order valence-electron chi connectivity index (χ2n) is 4.92. The Morgan fingerprint density at radius 1 is 1.26 bits per heavy atom. The lowest BCUT2D eigenvalue weighted by Gasteiger charge is -2.04. The van der Waals surface area contributed by atoms with Crippen LogP contribution in [0.1, 0.15) is 15.2 Å². The molecule has 23 heavy (non-hydrogen) atoms. The molecule has 1 amide bonds. The molecule has 3 aromatic rings. The molecule has 0 saturated carbocycles. The first kappa shape index (κ1) is 16.2. The van der Waals surface area contributed by atoms with Crippen molar-refractivity contribution in [2.75, 3.05) is 12.3 Å². The SMILES string of the molecule is Cc1ccc(SCCNC(=O)c2cnc(-c3cccs3)s2)cc1. The molecule has 1 N–H and O–H groups in total. The number of aryl methyl sites for hydroxylation is 1. The van der Waals surface area contributed by atoms with Crippen LogP contribution in [0.15, 0.2) is 52.9 Å². The van der Waals surface area contributed by atoms with E-state index in [9.17, 15) is 4.79 Å². The lowest BCUT2D eigenvalue weighted by Crippen LogP contribution is -2.24. The fraction of sp³-hybridized carbons (Fsp3) is 0.176. The van der Waals surface area contributed by atoms with Crippen molar-refractivity contribution in [2.24, 2.45) is 0 Å². The van der Waals surface area contributed by atoms with Crippen molar-refractivity contribution >= 4 is 40.3 Å². The molecule has 2 aromatic heterocycles. The number of amides is 1. The Labute approximate surface area is 147 Å². The van der Waals surface area contributed by atoms with E-state index in [1.165, 1.54) is 21.8 Å². The van der Waals surface area contributed by atoms with Gasteiger partial charge in [-0.3, -0.25) is 4.79 Å². The predicted octanol–water partition coefficient (Wildman–Crippen LogP) is 4.70. The fourth-order valence-electron chi connectivity index (χ4n) is 1.95. The Morgan fingerprint density at radius 2 is 2.09 bits per heavy atom. The van der Waals surface area contributed by atoms with Crippen LogP contribution in [0.25, 0.3) is 9.88 Å². The summed E-state index contributed by atoms with van der Waals surface area (Å²) in [5.41, 5.74) is 1.26. The van der Waals surface area contributed by atoms with Crippen molar-refractivity contribution in [3.63, 3.8) is 0 Å². The van der Waals surface area contributed by atoms with Crippen molar-refractivity contribution in [1.82, 2.24) is 10.3 Å². The van der Waals surface area contributed by atoms with Gasteiger partial charge in [0.05, 0.1) is 11.1 Å². The lowest BCUT2D eigenvalue weighted by atomic mass is 10.2. The van der Waals surface area contributed by atoms with E-state index in [2.05, 4.69) is 41.5 Å². The molecule has 6 heteroatoms. The number of benzene rings is 1. The van der Waals surface area contributed by atoms with Crippen LogP contribution in [0.5, 0.6) is 0 Å². The molecule has 0 aliphatic rings. The number of rotatable bonds is 6. The Morgan fingerprint density at radius 3 is 2.83 bits per heavy atom. The third-order valence-electron chi connectivity index (χ3n) is 3.14. The molecule has 0 bridgehead atoms. The summed E-state index contributed by atoms with van der Waals surface area (Å²) < 4.78 is 0. The number of nitrogens with one attached hydrogen (secondary N) is 1. The van der Waals surface area contributed by atoms with Crippen LogP contribution in [0.4, 0.5) is 0 Å². The van der Waals surface area contributed by atoms with E-state index in [0.29, 0.717) is 11.4 Å². The summed E-state index contributed by atoms with van der Waals surface area (Å²) in [5.74, 6) is 0.806. The maximum absolute atomic E-state index is 12.1. The lowest BCUT2D eigenvalue weighted by molar-refractivity contribution is 0.0960. The molecular formula is C17H16N2OS3. The first-order valence-electron chi connectivity index (χ1n) is 7.20. The molecule has 0 aliphatic heterocycles. The average molecular weight is 361 g/mol. The molecule has 0 aliphatic carbocycles. The summed E-state index contributed by atoms with van der Waals surface area (Å²) in [4.78, 5) is 19.5. The molecule has 0 fully saturated rings. The largest absolute Gasteiger partial charge is 0.350 e. The summed E-state index contributed by atoms with van der Waals surface area (Å²) in [7, 11) is 0. The van der Waals surface area contributed by atoms with E-state index in [4.69, 9.17) is 0 Å². The molecule has 118 valence electrons. The van der Waals surface area contributed by atoms with Crippen LogP contribution in [0.3, 0.4) is 0 Å². The number of thiazole rings is 1. The van der Waals surface area contributed by atoms with Gasteiger partial charge in [-0.2, -0.15) is 0 Å². The van der Waals surface area contributed by atoms with Crippen LogP contribution in [-0.4, -0.2) is 23.2 Å². The monoisotopic (exact) mass is 360 g/mol. The summed E-state index contributed by atoms with van der Waals surface area (Å²) in [6.45, 7) is 2.72. The summed E-state index contributed by atoms with van der Waals surface area (Å²) in [5, 5.41) is 5.87. The molecule has 3 rings (SSSR count). The first-order valence-corrected chi connectivity index (χ1v) is 9.88. The average Bonchev–Trinajstić information content (AvgIpc) is 3.23. The van der Waals surface area contributed by atoms with Crippen molar-refractivity contribution in [3.05, 3.63) is 58.4 Å². The molecule has 1 aromatic carbocycles. The van der Waals surface area contributed by atoms with Gasteiger partial charge in [-0.05, 0) is 30.5 Å². The van der Waals surface area contributed by atoms with Gasteiger partial charge in [-0.1, -0.05) is 23.8 Å². The zero-order valence-corrected chi connectivity index (χ0v) is 15.1. The third kappa shape index (κ3) is 4.43. The highest BCUT2D eigenvalue weighted by Gasteiger charge is 2.11. The number of hydrogen-bond donors (Lipinski definition) is 1. The van der Waals surface area contributed by atoms with Crippen LogP contribution in [0.2, 0.25) is 0 Å². The van der Waals surface area contributed by atoms with Crippen molar-refractivity contribution < 1.29 is 4.79 Å². The summed E-state index contributed by atoms with van der Waals surface area (Å²) >= 11 is 4.81.